The number of rotatable bonds is 7. The Morgan fingerprint density at radius 1 is 1.20 bits per heavy atom. The molecule has 0 spiro atoms. The maximum Gasteiger partial charge on any atom is 0.409 e. The molecular weight excluding hydrogens is 386 g/mol. The van der Waals surface area contributed by atoms with Crippen molar-refractivity contribution >= 4 is 18.0 Å². The summed E-state index contributed by atoms with van der Waals surface area (Å²) in [4.78, 5) is 32.4. The normalized spacial score (nSPS) is 17.8. The molecule has 2 aliphatic heterocycles. The van der Waals surface area contributed by atoms with E-state index in [2.05, 4.69) is 15.6 Å². The van der Waals surface area contributed by atoms with Crippen LogP contribution < -0.4 is 10.6 Å². The molecule has 0 aromatic carbocycles. The minimum Gasteiger partial charge on any atom is -0.469 e. The third-order valence-electron chi connectivity index (χ3n) is 5.44. The monoisotopic (exact) mass is 419 g/mol. The fourth-order valence-electron chi connectivity index (χ4n) is 3.74. The molecule has 1 aromatic rings. The van der Waals surface area contributed by atoms with Crippen LogP contribution in [0, 0.1) is 0 Å². The number of guanidine groups is 1. The Bertz CT molecular complexity index is 692. The summed E-state index contributed by atoms with van der Waals surface area (Å²) in [5.74, 6) is 1.60. The molecule has 166 valence electrons. The summed E-state index contributed by atoms with van der Waals surface area (Å²) in [5.41, 5.74) is 0. The lowest BCUT2D eigenvalue weighted by atomic mass is 10.1. The number of likely N-dealkylation sites (tertiary alicyclic amines) is 2. The van der Waals surface area contributed by atoms with Crippen LogP contribution in [-0.2, 0) is 16.0 Å². The van der Waals surface area contributed by atoms with Gasteiger partial charge < -0.3 is 29.6 Å². The largest absolute Gasteiger partial charge is 0.469 e. The molecule has 2 fully saturated rings. The van der Waals surface area contributed by atoms with Gasteiger partial charge in [0.05, 0.1) is 12.9 Å². The van der Waals surface area contributed by atoms with Gasteiger partial charge in [-0.25, -0.2) is 9.79 Å². The zero-order valence-electron chi connectivity index (χ0n) is 17.8. The number of amides is 2. The second-order valence-electron chi connectivity index (χ2n) is 7.61. The highest BCUT2D eigenvalue weighted by atomic mass is 16.6. The van der Waals surface area contributed by atoms with Crippen molar-refractivity contribution in [3.63, 3.8) is 0 Å². The molecule has 3 rings (SSSR count). The molecule has 0 saturated carbocycles. The standard InChI is InChI=1S/C21H33N5O4/c1-2-29-21(28)26-13-8-17(9-14-26)24-20(22-10-7-18-6-5-15-30-18)23-16-19(27)25-11-3-4-12-25/h5-6,15,17H,2-4,7-14,16H2,1H3,(H2,22,23,24). The molecule has 0 radical (unpaired) electrons. The maximum atomic E-state index is 12.4. The number of carbonyl (C=O) groups is 2. The summed E-state index contributed by atoms with van der Waals surface area (Å²) in [7, 11) is 0. The van der Waals surface area contributed by atoms with Gasteiger partial charge >= 0.3 is 6.09 Å². The first-order valence-corrected chi connectivity index (χ1v) is 10.9. The first kappa shape index (κ1) is 22.0. The van der Waals surface area contributed by atoms with Crippen LogP contribution in [0.4, 0.5) is 4.79 Å². The maximum absolute atomic E-state index is 12.4. The molecule has 0 bridgehead atoms. The van der Waals surface area contributed by atoms with Crippen molar-refractivity contribution in [2.24, 2.45) is 4.99 Å². The van der Waals surface area contributed by atoms with E-state index in [1.165, 1.54) is 0 Å². The van der Waals surface area contributed by atoms with E-state index in [1.54, 1.807) is 11.2 Å². The average molecular weight is 420 g/mol. The van der Waals surface area contributed by atoms with E-state index in [9.17, 15) is 9.59 Å². The average Bonchev–Trinajstić information content (AvgIpc) is 3.46. The Labute approximate surface area is 177 Å². The van der Waals surface area contributed by atoms with Crippen LogP contribution in [0.1, 0.15) is 38.4 Å². The molecule has 2 N–H and O–H groups in total. The van der Waals surface area contributed by atoms with E-state index in [0.717, 1.165) is 51.0 Å². The lowest BCUT2D eigenvalue weighted by molar-refractivity contribution is -0.128. The van der Waals surface area contributed by atoms with Gasteiger partial charge in [-0.15, -0.1) is 0 Å². The van der Waals surface area contributed by atoms with E-state index in [1.807, 2.05) is 24.0 Å². The Kier molecular flexibility index (Phi) is 8.41. The summed E-state index contributed by atoms with van der Waals surface area (Å²) in [5, 5.41) is 6.74. The highest BCUT2D eigenvalue weighted by Gasteiger charge is 2.24. The van der Waals surface area contributed by atoms with E-state index in [0.29, 0.717) is 32.2 Å². The van der Waals surface area contributed by atoms with Crippen LogP contribution in [0.5, 0.6) is 0 Å². The van der Waals surface area contributed by atoms with Crippen molar-refractivity contribution in [3.8, 4) is 0 Å². The van der Waals surface area contributed by atoms with Gasteiger partial charge in [-0.2, -0.15) is 0 Å². The highest BCUT2D eigenvalue weighted by Crippen LogP contribution is 2.12. The lowest BCUT2D eigenvalue weighted by Crippen LogP contribution is -2.50. The SMILES string of the molecule is CCOC(=O)N1CCC(NC(=NCC(=O)N2CCCC2)NCCc2ccco2)CC1. The van der Waals surface area contributed by atoms with Gasteiger partial charge in [0.1, 0.15) is 12.3 Å². The highest BCUT2D eigenvalue weighted by molar-refractivity contribution is 5.85. The molecule has 1 aromatic heterocycles. The van der Waals surface area contributed by atoms with Gasteiger partial charge in [0.25, 0.3) is 0 Å². The number of aliphatic imine (C=N–C) groups is 1. The summed E-state index contributed by atoms with van der Waals surface area (Å²) in [6, 6.07) is 4.00. The van der Waals surface area contributed by atoms with Crippen LogP contribution >= 0.6 is 0 Å². The van der Waals surface area contributed by atoms with Crippen molar-refractivity contribution in [1.29, 1.82) is 0 Å². The second-order valence-corrected chi connectivity index (χ2v) is 7.61. The fourth-order valence-corrected chi connectivity index (χ4v) is 3.74. The van der Waals surface area contributed by atoms with Gasteiger partial charge in [0.15, 0.2) is 5.96 Å². The van der Waals surface area contributed by atoms with E-state index in [-0.39, 0.29) is 24.6 Å². The smallest absolute Gasteiger partial charge is 0.409 e. The molecule has 30 heavy (non-hydrogen) atoms. The second kappa shape index (κ2) is 11.5. The van der Waals surface area contributed by atoms with Crippen molar-refractivity contribution in [3.05, 3.63) is 24.2 Å². The van der Waals surface area contributed by atoms with Crippen LogP contribution in [0.2, 0.25) is 0 Å². The molecule has 9 heteroatoms. The number of carbonyl (C=O) groups excluding carboxylic acids is 2. The molecule has 0 unspecified atom stereocenters. The number of ether oxygens (including phenoxy) is 1. The Balaban J connectivity index is 1.51. The van der Waals surface area contributed by atoms with Crippen molar-refractivity contribution in [1.82, 2.24) is 20.4 Å². The van der Waals surface area contributed by atoms with Crippen LogP contribution in [0.3, 0.4) is 0 Å². The van der Waals surface area contributed by atoms with Crippen molar-refractivity contribution in [2.45, 2.75) is 45.1 Å². The number of hydrogen-bond donors (Lipinski definition) is 2. The van der Waals surface area contributed by atoms with Gasteiger partial charge in [-0.05, 0) is 44.7 Å². The third kappa shape index (κ3) is 6.67. The van der Waals surface area contributed by atoms with E-state index < -0.39 is 0 Å². The minimum absolute atomic E-state index is 0.0664. The lowest BCUT2D eigenvalue weighted by Gasteiger charge is -2.32. The molecular formula is C21H33N5O4. The number of furan rings is 1. The zero-order chi connectivity index (χ0) is 21.2. The summed E-state index contributed by atoms with van der Waals surface area (Å²) >= 11 is 0. The summed E-state index contributed by atoms with van der Waals surface area (Å²) in [6.07, 6.45) is 5.89. The van der Waals surface area contributed by atoms with Crippen LogP contribution in [0.25, 0.3) is 0 Å². The predicted molar refractivity (Wildman–Crippen MR) is 113 cm³/mol. The molecule has 2 saturated heterocycles. The molecule has 3 heterocycles. The molecule has 0 aliphatic carbocycles. The van der Waals surface area contributed by atoms with E-state index in [4.69, 9.17) is 9.15 Å². The van der Waals surface area contributed by atoms with Crippen LogP contribution in [-0.4, -0.2) is 79.7 Å². The first-order valence-electron chi connectivity index (χ1n) is 10.9. The third-order valence-corrected chi connectivity index (χ3v) is 5.44. The molecule has 2 amide bonds. The fraction of sp³-hybridized carbons (Fsp3) is 0.667. The van der Waals surface area contributed by atoms with Gasteiger partial charge in [0.2, 0.25) is 5.91 Å². The first-order chi connectivity index (χ1) is 14.7. The van der Waals surface area contributed by atoms with Gasteiger partial charge in [0, 0.05) is 45.2 Å². The molecule has 0 atom stereocenters. The van der Waals surface area contributed by atoms with Crippen LogP contribution in [0.15, 0.2) is 27.8 Å². The Hall–Kier alpha value is -2.71. The quantitative estimate of drug-likeness (QED) is 0.514. The zero-order valence-corrected chi connectivity index (χ0v) is 17.8. The molecule has 9 nitrogen and oxygen atoms in total. The van der Waals surface area contributed by atoms with Gasteiger partial charge in [-0.3, -0.25) is 4.79 Å². The summed E-state index contributed by atoms with van der Waals surface area (Å²) in [6.45, 7) is 5.93. The molecule has 2 aliphatic rings. The number of hydrogen-bond acceptors (Lipinski definition) is 5. The van der Waals surface area contributed by atoms with E-state index >= 15 is 0 Å². The minimum atomic E-state index is -0.252. The van der Waals surface area contributed by atoms with Crippen molar-refractivity contribution < 1.29 is 18.7 Å². The number of piperidine rings is 1. The number of nitrogens with zero attached hydrogens (tertiary/aromatic N) is 3. The summed E-state index contributed by atoms with van der Waals surface area (Å²) < 4.78 is 10.5. The Morgan fingerprint density at radius 3 is 2.63 bits per heavy atom. The Morgan fingerprint density at radius 2 is 1.97 bits per heavy atom. The van der Waals surface area contributed by atoms with Gasteiger partial charge in [-0.1, -0.05) is 0 Å². The topological polar surface area (TPSA) is 99.4 Å². The van der Waals surface area contributed by atoms with Crippen molar-refractivity contribution in [2.75, 3.05) is 45.9 Å². The predicted octanol–water partition coefficient (Wildman–Crippen LogP) is 1.60. The number of nitrogens with one attached hydrogen (secondary N) is 2.